The fourth-order valence-electron chi connectivity index (χ4n) is 2.03. The van der Waals surface area contributed by atoms with Gasteiger partial charge in [0.2, 0.25) is 0 Å². The summed E-state index contributed by atoms with van der Waals surface area (Å²) in [5.74, 6) is 0. The van der Waals surface area contributed by atoms with Crippen LogP contribution in [0.3, 0.4) is 0 Å². The summed E-state index contributed by atoms with van der Waals surface area (Å²) in [5, 5.41) is 6.40. The summed E-state index contributed by atoms with van der Waals surface area (Å²) < 4.78 is 2.11. The summed E-state index contributed by atoms with van der Waals surface area (Å²) in [6.45, 7) is 5.12. The van der Waals surface area contributed by atoms with Gasteiger partial charge in [0, 0.05) is 29.5 Å². The molecule has 0 aliphatic heterocycles. The maximum Gasteiger partial charge on any atom is 0.315 e. The molecule has 0 aliphatic carbocycles. The van der Waals surface area contributed by atoms with Crippen LogP contribution in [0.5, 0.6) is 0 Å². The van der Waals surface area contributed by atoms with E-state index in [1.165, 1.54) is 5.56 Å². The van der Waals surface area contributed by atoms with Crippen molar-refractivity contribution in [1.82, 2.24) is 15.2 Å². The van der Waals surface area contributed by atoms with Crippen LogP contribution in [0.25, 0.3) is 0 Å². The molecule has 21 heavy (non-hydrogen) atoms. The summed E-state index contributed by atoms with van der Waals surface area (Å²) in [6.07, 6.45) is 2.01. The zero-order valence-electron chi connectivity index (χ0n) is 12.3. The third kappa shape index (κ3) is 4.83. The summed E-state index contributed by atoms with van der Waals surface area (Å²) in [6, 6.07) is 11.7. The van der Waals surface area contributed by atoms with E-state index in [9.17, 15) is 4.79 Å². The monoisotopic (exact) mass is 305 g/mol. The molecule has 112 valence electrons. The molecular formula is C16H20ClN3O. The van der Waals surface area contributed by atoms with Crippen LogP contribution in [0.4, 0.5) is 4.79 Å². The number of urea groups is 1. The second-order valence-corrected chi connectivity index (χ2v) is 5.67. The van der Waals surface area contributed by atoms with E-state index in [1.807, 2.05) is 56.4 Å². The van der Waals surface area contributed by atoms with Crippen LogP contribution in [-0.2, 0) is 13.1 Å². The van der Waals surface area contributed by atoms with Crippen LogP contribution < -0.4 is 10.6 Å². The molecular weight excluding hydrogens is 286 g/mol. The molecule has 1 aromatic heterocycles. The molecule has 2 N–H and O–H groups in total. The van der Waals surface area contributed by atoms with Crippen molar-refractivity contribution in [3.05, 3.63) is 58.9 Å². The van der Waals surface area contributed by atoms with Gasteiger partial charge >= 0.3 is 6.03 Å². The van der Waals surface area contributed by atoms with Gasteiger partial charge in [0.05, 0.1) is 6.54 Å². The zero-order chi connectivity index (χ0) is 15.2. The fraction of sp³-hybridized carbons (Fsp3) is 0.312. The van der Waals surface area contributed by atoms with Crippen molar-refractivity contribution in [3.63, 3.8) is 0 Å². The Kier molecular flexibility index (Phi) is 5.28. The van der Waals surface area contributed by atoms with Crippen LogP contribution >= 0.6 is 11.6 Å². The molecule has 1 aromatic carbocycles. The van der Waals surface area contributed by atoms with Gasteiger partial charge in [0.25, 0.3) is 0 Å². The Morgan fingerprint density at radius 2 is 1.95 bits per heavy atom. The van der Waals surface area contributed by atoms with Gasteiger partial charge in [-0.1, -0.05) is 23.7 Å². The summed E-state index contributed by atoms with van der Waals surface area (Å²) >= 11 is 5.89. The summed E-state index contributed by atoms with van der Waals surface area (Å²) in [4.78, 5) is 11.6. The standard InChI is InChI=1S/C16H20ClN3O/c1-12(2)19-16(21)18-10-15-4-3-9-20(15)11-13-5-7-14(17)8-6-13/h3-9,12H,10-11H2,1-2H3,(H2,18,19,21). The third-order valence-corrected chi connectivity index (χ3v) is 3.29. The minimum absolute atomic E-state index is 0.130. The van der Waals surface area contributed by atoms with Crippen LogP contribution in [-0.4, -0.2) is 16.6 Å². The molecule has 0 spiro atoms. The number of nitrogens with zero attached hydrogens (tertiary/aromatic N) is 1. The number of benzene rings is 1. The highest BCUT2D eigenvalue weighted by atomic mass is 35.5. The normalized spacial score (nSPS) is 10.7. The Morgan fingerprint density at radius 1 is 1.24 bits per heavy atom. The van der Waals surface area contributed by atoms with Gasteiger partial charge in [-0.3, -0.25) is 0 Å². The molecule has 0 bridgehead atoms. The molecule has 0 radical (unpaired) electrons. The Morgan fingerprint density at radius 3 is 2.62 bits per heavy atom. The van der Waals surface area contributed by atoms with Gasteiger partial charge in [0.1, 0.15) is 0 Å². The molecule has 0 saturated carbocycles. The number of halogens is 1. The van der Waals surface area contributed by atoms with Crippen LogP contribution in [0.2, 0.25) is 5.02 Å². The maximum atomic E-state index is 11.6. The number of carbonyl (C=O) groups is 1. The van der Waals surface area contributed by atoms with E-state index in [1.54, 1.807) is 0 Å². The molecule has 0 atom stereocenters. The van der Waals surface area contributed by atoms with E-state index in [0.717, 1.165) is 17.3 Å². The average molecular weight is 306 g/mol. The molecule has 0 saturated heterocycles. The van der Waals surface area contributed by atoms with Crippen LogP contribution in [0, 0.1) is 0 Å². The fourth-order valence-corrected chi connectivity index (χ4v) is 2.16. The van der Waals surface area contributed by atoms with E-state index < -0.39 is 0 Å². The van der Waals surface area contributed by atoms with Crippen molar-refractivity contribution in [3.8, 4) is 0 Å². The van der Waals surface area contributed by atoms with E-state index in [2.05, 4.69) is 15.2 Å². The lowest BCUT2D eigenvalue weighted by atomic mass is 10.2. The lowest BCUT2D eigenvalue weighted by Crippen LogP contribution is -2.39. The van der Waals surface area contributed by atoms with Crippen molar-refractivity contribution < 1.29 is 4.79 Å². The first-order valence-corrected chi connectivity index (χ1v) is 7.35. The number of carbonyl (C=O) groups excluding carboxylic acids is 1. The largest absolute Gasteiger partial charge is 0.345 e. The first-order chi connectivity index (χ1) is 10.0. The van der Waals surface area contributed by atoms with Gasteiger partial charge in [-0.15, -0.1) is 0 Å². The predicted molar refractivity (Wildman–Crippen MR) is 85.5 cm³/mol. The Hall–Kier alpha value is -1.94. The molecule has 0 aliphatic rings. The number of amides is 2. The van der Waals surface area contributed by atoms with E-state index >= 15 is 0 Å². The Balaban J connectivity index is 1.95. The second-order valence-electron chi connectivity index (χ2n) is 5.24. The summed E-state index contributed by atoms with van der Waals surface area (Å²) in [5.41, 5.74) is 2.23. The molecule has 2 aromatic rings. The number of hydrogen-bond acceptors (Lipinski definition) is 1. The van der Waals surface area contributed by atoms with Gasteiger partial charge < -0.3 is 15.2 Å². The highest BCUT2D eigenvalue weighted by molar-refractivity contribution is 6.30. The Labute approximate surface area is 130 Å². The highest BCUT2D eigenvalue weighted by Gasteiger charge is 2.05. The predicted octanol–water partition coefficient (Wildman–Crippen LogP) is 3.40. The number of hydrogen-bond donors (Lipinski definition) is 2. The van der Waals surface area contributed by atoms with Crippen LogP contribution in [0.15, 0.2) is 42.6 Å². The molecule has 0 fully saturated rings. The highest BCUT2D eigenvalue weighted by Crippen LogP contribution is 2.12. The average Bonchev–Trinajstić information content (AvgIpc) is 2.86. The zero-order valence-corrected chi connectivity index (χ0v) is 13.0. The lowest BCUT2D eigenvalue weighted by Gasteiger charge is -2.12. The van der Waals surface area contributed by atoms with Crippen molar-refractivity contribution in [1.29, 1.82) is 0 Å². The van der Waals surface area contributed by atoms with Crippen molar-refractivity contribution in [2.45, 2.75) is 33.0 Å². The second kappa shape index (κ2) is 7.18. The van der Waals surface area contributed by atoms with Crippen molar-refractivity contribution in [2.24, 2.45) is 0 Å². The maximum absolute atomic E-state index is 11.6. The lowest BCUT2D eigenvalue weighted by molar-refractivity contribution is 0.238. The van der Waals surface area contributed by atoms with Gasteiger partial charge in [0.15, 0.2) is 0 Å². The van der Waals surface area contributed by atoms with E-state index in [-0.39, 0.29) is 12.1 Å². The molecule has 4 nitrogen and oxygen atoms in total. The van der Waals surface area contributed by atoms with Gasteiger partial charge in [-0.05, 0) is 43.7 Å². The Bertz CT molecular complexity index is 590. The first kappa shape index (κ1) is 15.4. The topological polar surface area (TPSA) is 46.1 Å². The minimum atomic E-state index is -0.149. The molecule has 5 heteroatoms. The number of aromatic nitrogens is 1. The van der Waals surface area contributed by atoms with E-state index in [4.69, 9.17) is 11.6 Å². The molecule has 2 rings (SSSR count). The van der Waals surface area contributed by atoms with Crippen molar-refractivity contribution >= 4 is 17.6 Å². The van der Waals surface area contributed by atoms with Gasteiger partial charge in [-0.2, -0.15) is 0 Å². The smallest absolute Gasteiger partial charge is 0.315 e. The minimum Gasteiger partial charge on any atom is -0.345 e. The number of rotatable bonds is 5. The number of nitrogens with one attached hydrogen (secondary N) is 2. The van der Waals surface area contributed by atoms with Crippen molar-refractivity contribution in [2.75, 3.05) is 0 Å². The molecule has 2 amide bonds. The third-order valence-electron chi connectivity index (χ3n) is 3.04. The molecule has 1 heterocycles. The molecule has 0 unspecified atom stereocenters. The quantitative estimate of drug-likeness (QED) is 0.874. The van der Waals surface area contributed by atoms with E-state index in [0.29, 0.717) is 6.54 Å². The SMILES string of the molecule is CC(C)NC(=O)NCc1cccn1Cc1ccc(Cl)cc1. The summed E-state index contributed by atoms with van der Waals surface area (Å²) in [7, 11) is 0. The van der Waals surface area contributed by atoms with Crippen LogP contribution in [0.1, 0.15) is 25.1 Å². The first-order valence-electron chi connectivity index (χ1n) is 6.97. The van der Waals surface area contributed by atoms with Gasteiger partial charge in [-0.25, -0.2) is 4.79 Å².